The largest absolute Gasteiger partial charge is 0.0748 e. The predicted octanol–water partition coefficient (Wildman–Crippen LogP) is 3.14. The fraction of sp³-hybridized carbons (Fsp3) is 1.00. The van der Waals surface area contributed by atoms with E-state index < -0.39 is 8.07 Å². The maximum Gasteiger partial charge on any atom is 0.0527 e. The van der Waals surface area contributed by atoms with E-state index in [9.17, 15) is 0 Å². The molecule has 0 rings (SSSR count). The van der Waals surface area contributed by atoms with Gasteiger partial charge in [-0.2, -0.15) is 0 Å². The highest BCUT2D eigenvalue weighted by atomic mass is 28.3. The van der Waals surface area contributed by atoms with Crippen LogP contribution < -0.4 is 0 Å². The van der Waals surface area contributed by atoms with Gasteiger partial charge in [0, 0.05) is 19.0 Å². The predicted molar refractivity (Wildman–Crippen MR) is 79.4 cm³/mol. The van der Waals surface area contributed by atoms with Crippen molar-refractivity contribution in [1.82, 2.24) is 0 Å². The van der Waals surface area contributed by atoms with Crippen LogP contribution in [0.25, 0.3) is 0 Å². The highest BCUT2D eigenvalue weighted by Crippen LogP contribution is 2.34. The van der Waals surface area contributed by atoms with E-state index in [1.165, 1.54) is 6.42 Å². The van der Waals surface area contributed by atoms with Gasteiger partial charge >= 0.3 is 0 Å². The van der Waals surface area contributed by atoms with Crippen LogP contribution in [0.1, 0.15) is 20.3 Å². The maximum absolute atomic E-state index is 2.69. The summed E-state index contributed by atoms with van der Waals surface area (Å²) in [5.41, 5.74) is 1.07. The van der Waals surface area contributed by atoms with Crippen molar-refractivity contribution in [1.29, 1.82) is 0 Å². The molecule has 0 aromatic carbocycles. The lowest BCUT2D eigenvalue weighted by Crippen LogP contribution is -2.34. The number of hydrogen-bond donors (Lipinski definition) is 0. The van der Waals surface area contributed by atoms with Crippen molar-refractivity contribution in [3.05, 3.63) is 0 Å². The van der Waals surface area contributed by atoms with Gasteiger partial charge in [0.15, 0.2) is 0 Å². The second-order valence-corrected chi connectivity index (χ2v) is 13.9. The third-order valence-electron chi connectivity index (χ3n) is 4.00. The molecule has 0 aliphatic heterocycles. The molecule has 0 nitrogen and oxygen atoms in total. The molecule has 14 heavy (non-hydrogen) atoms. The smallest absolute Gasteiger partial charge is 0.0527 e. The average molecular weight is 247 g/mol. The van der Waals surface area contributed by atoms with Crippen LogP contribution in [0.2, 0.25) is 49.4 Å². The Morgan fingerprint density at radius 2 is 1.50 bits per heavy atom. The van der Waals surface area contributed by atoms with Gasteiger partial charge in [-0.25, -0.2) is 0 Å². The van der Waals surface area contributed by atoms with Gasteiger partial charge in [0.25, 0.3) is 0 Å². The zero-order valence-corrected chi connectivity index (χ0v) is 14.9. The van der Waals surface area contributed by atoms with Crippen LogP contribution in [0.5, 0.6) is 0 Å². The van der Waals surface area contributed by atoms with Crippen LogP contribution in [0, 0.1) is 0 Å². The lowest BCUT2D eigenvalue weighted by Gasteiger charge is -2.33. The lowest BCUT2D eigenvalue weighted by molar-refractivity contribution is 0.823. The summed E-state index contributed by atoms with van der Waals surface area (Å²) in [6, 6.07) is 6.55. The van der Waals surface area contributed by atoms with Crippen molar-refractivity contribution in [2.75, 3.05) is 0 Å². The first-order valence-electron chi connectivity index (χ1n) is 6.60. The first-order valence-corrected chi connectivity index (χ1v) is 14.4. The van der Waals surface area contributed by atoms with Gasteiger partial charge in [-0.05, 0) is 5.54 Å². The molecule has 1 atom stereocenters. The molecule has 0 saturated carbocycles. The summed E-state index contributed by atoms with van der Waals surface area (Å²) in [4.78, 5) is 0. The second-order valence-electron chi connectivity index (χ2n) is 5.17. The van der Waals surface area contributed by atoms with Crippen molar-refractivity contribution >= 4 is 27.1 Å². The van der Waals surface area contributed by atoms with E-state index in [0.717, 1.165) is 5.54 Å². The Morgan fingerprint density at radius 1 is 1.07 bits per heavy atom. The van der Waals surface area contributed by atoms with E-state index in [1.807, 2.05) is 0 Å². The summed E-state index contributed by atoms with van der Waals surface area (Å²) < 4.78 is 0. The molecule has 0 aliphatic carbocycles. The third-order valence-corrected chi connectivity index (χ3v) is 13.3. The van der Waals surface area contributed by atoms with Crippen molar-refractivity contribution in [2.24, 2.45) is 0 Å². The minimum absolute atomic E-state index is 0.317. The Hall–Kier alpha value is 0.651. The molecule has 0 saturated heterocycles. The summed E-state index contributed by atoms with van der Waals surface area (Å²) in [5, 5.41) is 0. The van der Waals surface area contributed by atoms with Gasteiger partial charge in [-0.15, -0.1) is 0 Å². The van der Waals surface area contributed by atoms with Gasteiger partial charge in [0.2, 0.25) is 0 Å². The van der Waals surface area contributed by atoms with Gasteiger partial charge in [0.05, 0.1) is 8.07 Å². The van der Waals surface area contributed by atoms with Crippen molar-refractivity contribution in [2.45, 2.75) is 69.6 Å². The summed E-state index contributed by atoms with van der Waals surface area (Å²) in [5.74, 6) is 0. The molecule has 0 N–H and O–H groups in total. The minimum atomic E-state index is -0.825. The summed E-state index contributed by atoms with van der Waals surface area (Å²) in [7, 11) is -0.191. The average Bonchev–Trinajstić information content (AvgIpc) is 2.22. The molecule has 0 radical (unpaired) electrons. The molecular weight excluding hydrogens is 216 g/mol. The topological polar surface area (TPSA) is 0 Å². The van der Waals surface area contributed by atoms with Gasteiger partial charge < -0.3 is 0 Å². The van der Waals surface area contributed by atoms with Gasteiger partial charge in [-0.3, -0.25) is 0 Å². The summed E-state index contributed by atoms with van der Waals surface area (Å²) in [6.07, 6.45) is 1.43. The Morgan fingerprint density at radius 3 is 1.79 bits per heavy atom. The first kappa shape index (κ1) is 14.7. The second kappa shape index (κ2) is 7.88. The Bertz CT molecular complexity index is 128. The van der Waals surface area contributed by atoms with E-state index >= 15 is 0 Å². The fourth-order valence-corrected chi connectivity index (χ4v) is 13.8. The molecule has 0 aromatic rings. The van der Waals surface area contributed by atoms with E-state index in [4.69, 9.17) is 0 Å². The van der Waals surface area contributed by atoms with Gasteiger partial charge in [0.1, 0.15) is 0 Å². The minimum Gasteiger partial charge on any atom is -0.0748 e. The SMILES string of the molecule is CCC(C)[Si](C)(CC[SiH2]C)CC[SiH2]C. The zero-order valence-electron chi connectivity index (χ0n) is 11.0. The quantitative estimate of drug-likeness (QED) is 0.577. The summed E-state index contributed by atoms with van der Waals surface area (Å²) in [6.45, 7) is 12.6. The molecular formula is C11H30Si3. The van der Waals surface area contributed by atoms with E-state index in [-0.39, 0.29) is 0 Å². The van der Waals surface area contributed by atoms with Crippen LogP contribution in [-0.4, -0.2) is 27.1 Å². The standard InChI is InChI=1S/C11H30Si3/c1-6-11(2)14(5,9-7-12-3)10-8-13-4/h11H,6-10,12-13H2,1-5H3. The van der Waals surface area contributed by atoms with Crippen molar-refractivity contribution in [3.8, 4) is 0 Å². The monoisotopic (exact) mass is 246 g/mol. The fourth-order valence-electron chi connectivity index (χ4n) is 2.27. The Labute approximate surface area is 96.9 Å². The maximum atomic E-state index is 2.69. The van der Waals surface area contributed by atoms with Crippen LogP contribution in [-0.2, 0) is 0 Å². The van der Waals surface area contributed by atoms with Crippen molar-refractivity contribution in [3.63, 3.8) is 0 Å². The van der Waals surface area contributed by atoms with Crippen LogP contribution >= 0.6 is 0 Å². The molecule has 1 unspecified atom stereocenters. The molecule has 0 aromatic heterocycles. The highest BCUT2D eigenvalue weighted by Gasteiger charge is 2.30. The number of hydrogen-bond acceptors (Lipinski definition) is 0. The molecule has 0 bridgehead atoms. The number of rotatable bonds is 8. The molecule has 0 amide bonds. The van der Waals surface area contributed by atoms with E-state index in [1.54, 1.807) is 24.2 Å². The lowest BCUT2D eigenvalue weighted by atomic mass is 10.4. The molecule has 86 valence electrons. The molecule has 3 heteroatoms. The molecule has 0 aliphatic rings. The molecule has 0 heterocycles. The van der Waals surface area contributed by atoms with Crippen molar-refractivity contribution < 1.29 is 0 Å². The highest BCUT2D eigenvalue weighted by molar-refractivity contribution is 6.81. The molecule has 0 fully saturated rings. The van der Waals surface area contributed by atoms with Crippen LogP contribution in [0.4, 0.5) is 0 Å². The third kappa shape index (κ3) is 4.94. The Balaban J connectivity index is 4.16. The van der Waals surface area contributed by atoms with Crippen LogP contribution in [0.15, 0.2) is 0 Å². The van der Waals surface area contributed by atoms with Gasteiger partial charge in [-0.1, -0.05) is 64.1 Å². The molecule has 0 spiro atoms. The zero-order chi connectivity index (χ0) is 11.0. The summed E-state index contributed by atoms with van der Waals surface area (Å²) >= 11 is 0. The van der Waals surface area contributed by atoms with Crippen LogP contribution in [0.3, 0.4) is 0 Å². The van der Waals surface area contributed by atoms with E-state index in [2.05, 4.69) is 33.5 Å². The van der Waals surface area contributed by atoms with E-state index in [0.29, 0.717) is 19.0 Å². The normalized spacial score (nSPS) is 19.5. The Kier molecular flexibility index (Phi) is 8.25. The first-order chi connectivity index (χ1) is 6.60.